The highest BCUT2D eigenvalue weighted by atomic mass is 16.6. The number of methoxy groups -OCH3 is 1. The van der Waals surface area contributed by atoms with Crippen molar-refractivity contribution in [1.29, 1.82) is 0 Å². The van der Waals surface area contributed by atoms with Crippen molar-refractivity contribution in [3.05, 3.63) is 0 Å². The van der Waals surface area contributed by atoms with Crippen LogP contribution in [-0.2, 0) is 33.3 Å². The molecule has 0 unspecified atom stereocenters. The van der Waals surface area contributed by atoms with Crippen LogP contribution in [0.1, 0.15) is 13.3 Å². The first-order valence-corrected chi connectivity index (χ1v) is 6.16. The van der Waals surface area contributed by atoms with Crippen molar-refractivity contribution in [2.45, 2.75) is 13.3 Å². The molecular weight excluding hydrogens is 256 g/mol. The minimum Gasteiger partial charge on any atom is -0.467 e. The van der Waals surface area contributed by atoms with E-state index >= 15 is 0 Å². The van der Waals surface area contributed by atoms with E-state index in [4.69, 9.17) is 18.9 Å². The smallest absolute Gasteiger partial charge is 0.331 e. The molecule has 0 aromatic heterocycles. The molecule has 0 amide bonds. The van der Waals surface area contributed by atoms with E-state index in [1.54, 1.807) is 6.92 Å². The van der Waals surface area contributed by atoms with Crippen molar-refractivity contribution in [2.75, 3.05) is 53.4 Å². The first-order chi connectivity index (χ1) is 9.20. The van der Waals surface area contributed by atoms with Gasteiger partial charge in [-0.15, -0.1) is 0 Å². The molecule has 0 spiro atoms. The number of ether oxygens (including phenoxy) is 5. The molecule has 0 saturated carbocycles. The normalized spacial score (nSPS) is 10.2. The van der Waals surface area contributed by atoms with E-state index in [9.17, 15) is 9.59 Å². The van der Waals surface area contributed by atoms with Gasteiger partial charge in [0.05, 0.1) is 53.2 Å². The van der Waals surface area contributed by atoms with E-state index in [0.29, 0.717) is 39.6 Å². The summed E-state index contributed by atoms with van der Waals surface area (Å²) < 4.78 is 24.5. The molecule has 0 N–H and O–H groups in total. The molecule has 0 aliphatic rings. The van der Waals surface area contributed by atoms with Gasteiger partial charge in [0, 0.05) is 0 Å². The Morgan fingerprint density at radius 3 is 2.00 bits per heavy atom. The first kappa shape index (κ1) is 17.8. The molecule has 19 heavy (non-hydrogen) atoms. The second-order valence-electron chi connectivity index (χ2n) is 3.41. The summed E-state index contributed by atoms with van der Waals surface area (Å²) in [5.74, 6) is -0.679. The Bertz CT molecular complexity index is 242. The summed E-state index contributed by atoms with van der Waals surface area (Å²) in [5, 5.41) is 0. The van der Waals surface area contributed by atoms with Crippen molar-refractivity contribution < 1.29 is 33.3 Å². The molecule has 0 aromatic rings. The van der Waals surface area contributed by atoms with Gasteiger partial charge in [0.1, 0.15) is 6.61 Å². The lowest BCUT2D eigenvalue weighted by Crippen LogP contribution is -2.15. The average molecular weight is 278 g/mol. The molecule has 0 saturated heterocycles. The number of esters is 2. The summed E-state index contributed by atoms with van der Waals surface area (Å²) in [6, 6.07) is 0. The molecule has 0 radical (unpaired) electrons. The Labute approximate surface area is 113 Å². The average Bonchev–Trinajstić information content (AvgIpc) is 2.40. The van der Waals surface area contributed by atoms with Crippen molar-refractivity contribution in [3.63, 3.8) is 0 Å². The van der Waals surface area contributed by atoms with Crippen LogP contribution in [0.3, 0.4) is 0 Å². The third kappa shape index (κ3) is 13.1. The number of carbonyl (C=O) groups excluding carboxylic acids is 2. The Morgan fingerprint density at radius 2 is 1.42 bits per heavy atom. The van der Waals surface area contributed by atoms with Crippen LogP contribution in [0.2, 0.25) is 0 Å². The summed E-state index contributed by atoms with van der Waals surface area (Å²) in [7, 11) is 1.30. The highest BCUT2D eigenvalue weighted by Gasteiger charge is 2.01. The van der Waals surface area contributed by atoms with Gasteiger partial charge in [-0.1, -0.05) is 0 Å². The number of hydrogen-bond donors (Lipinski definition) is 0. The fourth-order valence-corrected chi connectivity index (χ4v) is 1.04. The van der Waals surface area contributed by atoms with Crippen molar-refractivity contribution in [3.8, 4) is 0 Å². The third-order valence-electron chi connectivity index (χ3n) is 1.95. The van der Waals surface area contributed by atoms with E-state index < -0.39 is 5.97 Å². The van der Waals surface area contributed by atoms with Gasteiger partial charge in [0.15, 0.2) is 0 Å². The van der Waals surface area contributed by atoms with E-state index in [1.807, 2.05) is 0 Å². The molecule has 0 aliphatic heterocycles. The van der Waals surface area contributed by atoms with E-state index in [1.165, 1.54) is 7.11 Å². The zero-order chi connectivity index (χ0) is 14.3. The van der Waals surface area contributed by atoms with Gasteiger partial charge in [-0.3, -0.25) is 4.79 Å². The summed E-state index contributed by atoms with van der Waals surface area (Å²) in [6.45, 7) is 3.89. The van der Waals surface area contributed by atoms with Crippen LogP contribution in [0.25, 0.3) is 0 Å². The highest BCUT2D eigenvalue weighted by Crippen LogP contribution is 1.88. The first-order valence-electron chi connectivity index (χ1n) is 6.16. The van der Waals surface area contributed by atoms with Gasteiger partial charge in [-0.2, -0.15) is 0 Å². The fourth-order valence-electron chi connectivity index (χ4n) is 1.04. The summed E-state index contributed by atoms with van der Waals surface area (Å²) in [4.78, 5) is 21.6. The Morgan fingerprint density at radius 1 is 0.842 bits per heavy atom. The molecule has 0 aromatic carbocycles. The number of hydrogen-bond acceptors (Lipinski definition) is 7. The largest absolute Gasteiger partial charge is 0.467 e. The molecule has 112 valence electrons. The van der Waals surface area contributed by atoms with Crippen LogP contribution >= 0.6 is 0 Å². The van der Waals surface area contributed by atoms with Gasteiger partial charge < -0.3 is 23.7 Å². The Kier molecular flexibility index (Phi) is 12.4. The number of rotatable bonds is 12. The molecule has 7 heteroatoms. The maximum atomic E-state index is 10.9. The quantitative estimate of drug-likeness (QED) is 0.371. The van der Waals surface area contributed by atoms with Crippen LogP contribution in [-0.4, -0.2) is 65.3 Å². The van der Waals surface area contributed by atoms with Gasteiger partial charge in [0.25, 0.3) is 0 Å². The molecule has 0 rings (SSSR count). The molecule has 0 bridgehead atoms. The zero-order valence-corrected chi connectivity index (χ0v) is 11.5. The Balaban J connectivity index is 3.11. The van der Waals surface area contributed by atoms with Crippen molar-refractivity contribution in [2.24, 2.45) is 0 Å². The fraction of sp³-hybridized carbons (Fsp3) is 0.833. The molecule has 7 nitrogen and oxygen atoms in total. The highest BCUT2D eigenvalue weighted by molar-refractivity contribution is 5.70. The Hall–Kier alpha value is -1.18. The van der Waals surface area contributed by atoms with E-state index in [-0.39, 0.29) is 19.0 Å². The molecule has 0 fully saturated rings. The summed E-state index contributed by atoms with van der Waals surface area (Å²) in [5.41, 5.74) is 0. The van der Waals surface area contributed by atoms with Crippen LogP contribution in [0.4, 0.5) is 0 Å². The maximum absolute atomic E-state index is 10.9. The standard InChI is InChI=1S/C12H22O7/c1-3-19-11(13)4-5-16-6-7-17-8-9-18-10-12(14)15-2/h3-10H2,1-2H3. The minimum atomic E-state index is -0.415. The van der Waals surface area contributed by atoms with Gasteiger partial charge >= 0.3 is 11.9 Å². The summed E-state index contributed by atoms with van der Waals surface area (Å²) in [6.07, 6.45) is 0.246. The lowest BCUT2D eigenvalue weighted by molar-refractivity contribution is -0.147. The molecule has 0 aliphatic carbocycles. The van der Waals surface area contributed by atoms with Crippen molar-refractivity contribution >= 4 is 11.9 Å². The van der Waals surface area contributed by atoms with Crippen LogP contribution in [0.15, 0.2) is 0 Å². The van der Waals surface area contributed by atoms with Gasteiger partial charge in [-0.05, 0) is 6.92 Å². The monoisotopic (exact) mass is 278 g/mol. The lowest BCUT2D eigenvalue weighted by atomic mass is 10.5. The minimum absolute atomic E-state index is 0.0735. The predicted octanol–water partition coefficient (Wildman–Crippen LogP) is 0.162. The molecule has 0 heterocycles. The zero-order valence-electron chi connectivity index (χ0n) is 11.5. The van der Waals surface area contributed by atoms with Crippen LogP contribution < -0.4 is 0 Å². The van der Waals surface area contributed by atoms with Crippen molar-refractivity contribution in [1.82, 2.24) is 0 Å². The van der Waals surface area contributed by atoms with Gasteiger partial charge in [0.2, 0.25) is 0 Å². The second-order valence-corrected chi connectivity index (χ2v) is 3.41. The molecule has 0 atom stereocenters. The van der Waals surface area contributed by atoms with Crippen LogP contribution in [0.5, 0.6) is 0 Å². The van der Waals surface area contributed by atoms with Gasteiger partial charge in [-0.25, -0.2) is 4.79 Å². The topological polar surface area (TPSA) is 80.3 Å². The summed E-state index contributed by atoms with van der Waals surface area (Å²) >= 11 is 0. The SMILES string of the molecule is CCOC(=O)CCOCCOCCOCC(=O)OC. The van der Waals surface area contributed by atoms with E-state index in [2.05, 4.69) is 4.74 Å². The van der Waals surface area contributed by atoms with E-state index in [0.717, 1.165) is 0 Å². The lowest BCUT2D eigenvalue weighted by Gasteiger charge is -2.06. The maximum Gasteiger partial charge on any atom is 0.331 e. The second kappa shape index (κ2) is 13.3. The molecular formula is C12H22O7. The number of carbonyl (C=O) groups is 2. The third-order valence-corrected chi connectivity index (χ3v) is 1.95. The van der Waals surface area contributed by atoms with Crippen LogP contribution in [0, 0.1) is 0 Å². The predicted molar refractivity (Wildman–Crippen MR) is 65.7 cm³/mol.